The van der Waals surface area contributed by atoms with Gasteiger partial charge in [-0.25, -0.2) is 0 Å². The van der Waals surface area contributed by atoms with Crippen molar-refractivity contribution in [2.45, 2.75) is 52.1 Å². The highest BCUT2D eigenvalue weighted by Gasteiger charge is 2.40. The summed E-state index contributed by atoms with van der Waals surface area (Å²) in [7, 11) is 0. The second-order valence-electron chi connectivity index (χ2n) is 5.32. The van der Waals surface area contributed by atoms with Crippen molar-refractivity contribution in [1.29, 1.82) is 0 Å². The van der Waals surface area contributed by atoms with E-state index in [-0.39, 0.29) is 11.4 Å². The summed E-state index contributed by atoms with van der Waals surface area (Å²) in [5, 5.41) is 3.20. The van der Waals surface area contributed by atoms with Gasteiger partial charge >= 0.3 is 0 Å². The number of amides is 1. The van der Waals surface area contributed by atoms with Crippen LogP contribution in [0.3, 0.4) is 0 Å². The number of nitrogens with one attached hydrogen (secondary N) is 1. The van der Waals surface area contributed by atoms with Crippen LogP contribution < -0.4 is 5.32 Å². The monoisotopic (exact) mass is 234 g/mol. The van der Waals surface area contributed by atoms with E-state index in [1.165, 1.54) is 5.69 Å². The number of hydrogen-bond donors (Lipinski definition) is 1. The molecule has 1 aromatic heterocycles. The Kier molecular flexibility index (Phi) is 3.27. The molecule has 1 aliphatic rings. The van der Waals surface area contributed by atoms with E-state index in [9.17, 15) is 4.79 Å². The van der Waals surface area contributed by atoms with Crippen LogP contribution in [0.5, 0.6) is 0 Å². The number of rotatable bonds is 4. The van der Waals surface area contributed by atoms with Crippen molar-refractivity contribution in [3.8, 4) is 0 Å². The zero-order valence-corrected chi connectivity index (χ0v) is 11.0. The molecular formula is C14H22N2O. The van der Waals surface area contributed by atoms with Gasteiger partial charge in [-0.05, 0) is 31.4 Å². The molecule has 0 spiro atoms. The van der Waals surface area contributed by atoms with Gasteiger partial charge in [0.25, 0.3) is 0 Å². The lowest BCUT2D eigenvalue weighted by Gasteiger charge is -2.34. The third-order valence-corrected chi connectivity index (χ3v) is 4.05. The number of aromatic nitrogens is 1. The molecule has 94 valence electrons. The van der Waals surface area contributed by atoms with Crippen LogP contribution in [0, 0.1) is 5.92 Å². The average molecular weight is 234 g/mol. The van der Waals surface area contributed by atoms with E-state index >= 15 is 0 Å². The van der Waals surface area contributed by atoms with Crippen LogP contribution >= 0.6 is 0 Å². The van der Waals surface area contributed by atoms with Crippen molar-refractivity contribution in [3.05, 3.63) is 24.0 Å². The molecule has 0 aromatic carbocycles. The Bertz CT molecular complexity index is 408. The van der Waals surface area contributed by atoms with E-state index in [0.717, 1.165) is 19.4 Å². The molecule has 3 heteroatoms. The number of nitrogens with zero attached hydrogens (tertiary/aromatic N) is 1. The summed E-state index contributed by atoms with van der Waals surface area (Å²) in [5.74, 6) is 0.669. The molecule has 1 fully saturated rings. The van der Waals surface area contributed by atoms with Gasteiger partial charge in [0.2, 0.25) is 5.91 Å². The Hall–Kier alpha value is -1.25. The van der Waals surface area contributed by atoms with Crippen LogP contribution in [-0.2, 0) is 17.8 Å². The highest BCUT2D eigenvalue weighted by molar-refractivity contribution is 5.79. The first-order valence-electron chi connectivity index (χ1n) is 6.52. The predicted octanol–water partition coefficient (Wildman–Crippen LogP) is 2.36. The third kappa shape index (κ3) is 2.24. The number of hydrogen-bond acceptors (Lipinski definition) is 1. The van der Waals surface area contributed by atoms with Gasteiger partial charge in [-0.1, -0.05) is 13.8 Å². The molecule has 1 saturated heterocycles. The van der Waals surface area contributed by atoms with E-state index in [1.54, 1.807) is 0 Å². The van der Waals surface area contributed by atoms with Crippen LogP contribution in [0.2, 0.25) is 0 Å². The fourth-order valence-corrected chi connectivity index (χ4v) is 2.75. The van der Waals surface area contributed by atoms with Crippen molar-refractivity contribution in [2.75, 3.05) is 0 Å². The number of carbonyl (C=O) groups excluding carboxylic acids is 1. The van der Waals surface area contributed by atoms with Gasteiger partial charge in [-0.2, -0.15) is 0 Å². The highest BCUT2D eigenvalue weighted by atomic mass is 16.2. The van der Waals surface area contributed by atoms with E-state index in [1.807, 2.05) is 0 Å². The molecular weight excluding hydrogens is 212 g/mol. The van der Waals surface area contributed by atoms with E-state index in [0.29, 0.717) is 12.3 Å². The second-order valence-corrected chi connectivity index (χ2v) is 5.32. The van der Waals surface area contributed by atoms with Crippen LogP contribution in [0.4, 0.5) is 0 Å². The van der Waals surface area contributed by atoms with Gasteiger partial charge < -0.3 is 9.88 Å². The van der Waals surface area contributed by atoms with E-state index in [2.05, 4.69) is 49.0 Å². The lowest BCUT2D eigenvalue weighted by atomic mass is 9.81. The summed E-state index contributed by atoms with van der Waals surface area (Å²) in [6, 6.07) is 4.25. The Morgan fingerprint density at radius 2 is 2.29 bits per heavy atom. The first-order valence-corrected chi connectivity index (χ1v) is 6.52. The first-order chi connectivity index (χ1) is 8.07. The smallest absolute Gasteiger partial charge is 0.220 e. The Balaban J connectivity index is 2.22. The predicted molar refractivity (Wildman–Crippen MR) is 68.8 cm³/mol. The maximum atomic E-state index is 11.5. The Morgan fingerprint density at radius 1 is 1.53 bits per heavy atom. The molecule has 1 aromatic rings. The van der Waals surface area contributed by atoms with Crippen LogP contribution in [0.25, 0.3) is 0 Å². The van der Waals surface area contributed by atoms with Gasteiger partial charge in [-0.3, -0.25) is 4.79 Å². The molecule has 0 saturated carbocycles. The molecule has 17 heavy (non-hydrogen) atoms. The molecule has 0 radical (unpaired) electrons. The van der Waals surface area contributed by atoms with Crippen molar-refractivity contribution < 1.29 is 4.79 Å². The zero-order valence-electron chi connectivity index (χ0n) is 11.0. The number of aryl methyl sites for hydroxylation is 1. The SMILES string of the molecule is CCn1cccc1CC1(C(C)C)CCC(=O)N1. The van der Waals surface area contributed by atoms with Crippen molar-refractivity contribution in [1.82, 2.24) is 9.88 Å². The summed E-state index contributed by atoms with van der Waals surface area (Å²) in [6.07, 6.45) is 4.68. The van der Waals surface area contributed by atoms with Gasteiger partial charge in [0.15, 0.2) is 0 Å². The topological polar surface area (TPSA) is 34.0 Å². The van der Waals surface area contributed by atoms with Crippen molar-refractivity contribution >= 4 is 5.91 Å². The molecule has 2 heterocycles. The maximum Gasteiger partial charge on any atom is 0.220 e. The molecule has 1 amide bonds. The molecule has 1 N–H and O–H groups in total. The summed E-state index contributed by atoms with van der Waals surface area (Å²) >= 11 is 0. The molecule has 0 bridgehead atoms. The molecule has 2 rings (SSSR count). The minimum absolute atomic E-state index is 0.0393. The molecule has 1 aliphatic heterocycles. The molecule has 3 nitrogen and oxygen atoms in total. The maximum absolute atomic E-state index is 11.5. The minimum atomic E-state index is -0.0393. The van der Waals surface area contributed by atoms with Gasteiger partial charge in [0, 0.05) is 36.8 Å². The lowest BCUT2D eigenvalue weighted by Crippen LogP contribution is -2.48. The summed E-state index contributed by atoms with van der Waals surface area (Å²) in [6.45, 7) is 7.54. The Labute approximate surface area is 103 Å². The second kappa shape index (κ2) is 4.55. The van der Waals surface area contributed by atoms with Crippen molar-refractivity contribution in [2.24, 2.45) is 5.92 Å². The fraction of sp³-hybridized carbons (Fsp3) is 0.643. The molecule has 1 unspecified atom stereocenters. The van der Waals surface area contributed by atoms with E-state index in [4.69, 9.17) is 0 Å². The average Bonchev–Trinajstić information content (AvgIpc) is 2.86. The lowest BCUT2D eigenvalue weighted by molar-refractivity contribution is -0.120. The van der Waals surface area contributed by atoms with Crippen molar-refractivity contribution in [3.63, 3.8) is 0 Å². The normalized spacial score (nSPS) is 24.4. The number of carbonyl (C=O) groups is 1. The highest BCUT2D eigenvalue weighted by Crippen LogP contribution is 2.31. The Morgan fingerprint density at radius 3 is 2.82 bits per heavy atom. The molecule has 0 aliphatic carbocycles. The molecule has 1 atom stereocenters. The first kappa shape index (κ1) is 12.2. The van der Waals surface area contributed by atoms with E-state index < -0.39 is 0 Å². The summed E-state index contributed by atoms with van der Waals surface area (Å²) in [4.78, 5) is 11.5. The van der Waals surface area contributed by atoms with Crippen LogP contribution in [-0.4, -0.2) is 16.0 Å². The standard InChI is InChI=1S/C14H22N2O/c1-4-16-9-5-6-12(16)10-14(11(2)3)8-7-13(17)15-14/h5-6,9,11H,4,7-8,10H2,1-3H3,(H,15,17). The van der Waals surface area contributed by atoms with Crippen LogP contribution in [0.15, 0.2) is 18.3 Å². The largest absolute Gasteiger partial charge is 0.352 e. The fourth-order valence-electron chi connectivity index (χ4n) is 2.75. The van der Waals surface area contributed by atoms with Gasteiger partial charge in [-0.15, -0.1) is 0 Å². The summed E-state index contributed by atoms with van der Waals surface area (Å²) in [5.41, 5.74) is 1.28. The van der Waals surface area contributed by atoms with Gasteiger partial charge in [0.1, 0.15) is 0 Å². The zero-order chi connectivity index (χ0) is 12.5. The quantitative estimate of drug-likeness (QED) is 0.852. The summed E-state index contributed by atoms with van der Waals surface area (Å²) < 4.78 is 2.26. The van der Waals surface area contributed by atoms with Gasteiger partial charge in [0.05, 0.1) is 0 Å². The minimum Gasteiger partial charge on any atom is -0.352 e. The third-order valence-electron chi connectivity index (χ3n) is 4.05. The van der Waals surface area contributed by atoms with Crippen LogP contribution in [0.1, 0.15) is 39.3 Å².